The van der Waals surface area contributed by atoms with Crippen LogP contribution in [0.1, 0.15) is 149 Å². The van der Waals surface area contributed by atoms with Crippen LogP contribution in [0.15, 0.2) is 48.6 Å². The molecule has 1 saturated heterocycles. The Labute approximate surface area is 303 Å². The lowest BCUT2D eigenvalue weighted by atomic mass is 9.99. The zero-order valence-corrected chi connectivity index (χ0v) is 31.4. The van der Waals surface area contributed by atoms with Gasteiger partial charge in [0, 0.05) is 6.42 Å². The molecule has 290 valence electrons. The van der Waals surface area contributed by atoms with Crippen molar-refractivity contribution in [1.29, 1.82) is 0 Å². The van der Waals surface area contributed by atoms with Crippen LogP contribution >= 0.6 is 0 Å². The van der Waals surface area contributed by atoms with Gasteiger partial charge < -0.3 is 40.3 Å². The van der Waals surface area contributed by atoms with Crippen LogP contribution in [0.2, 0.25) is 0 Å². The molecule has 0 aliphatic carbocycles. The second-order valence-electron chi connectivity index (χ2n) is 13.7. The maximum atomic E-state index is 12.8. The topological polar surface area (TPSA) is 149 Å². The molecule has 0 bridgehead atoms. The number of nitrogens with one attached hydrogen (secondary N) is 1. The minimum Gasteiger partial charge on any atom is -0.394 e. The van der Waals surface area contributed by atoms with Crippen LogP contribution in [0, 0.1) is 0 Å². The third-order valence-electron chi connectivity index (χ3n) is 9.08. The number of hydrogen-bond acceptors (Lipinski definition) is 8. The molecule has 1 fully saturated rings. The summed E-state index contributed by atoms with van der Waals surface area (Å²) >= 11 is 0. The summed E-state index contributed by atoms with van der Waals surface area (Å²) < 4.78 is 11.1. The molecular formula is C41H73NO8. The molecule has 7 unspecified atom stereocenters. The summed E-state index contributed by atoms with van der Waals surface area (Å²) in [5.74, 6) is -0.207. The standard InChI is InChI=1S/C41H73NO8/c1-3-5-7-9-11-13-15-16-17-18-19-20-21-22-24-26-28-30-35(44)34(33-49-41-40(48)39(47)38(46)36(32-43)50-41)42-37(45)31-29-27-25-23-14-12-10-8-6-4-2/h8,10,17-18,21-22,28,30,34-36,38-41,43-44,46-48H,3-7,9,11-16,19-20,23-27,29,31-33H2,1-2H3,(H,42,45)/b10-8-,18-17+,22-21+,30-28+. The Bertz CT molecular complexity index is 920. The molecule has 0 aromatic rings. The summed E-state index contributed by atoms with van der Waals surface area (Å²) in [5, 5.41) is 53.9. The maximum absolute atomic E-state index is 12.8. The fourth-order valence-electron chi connectivity index (χ4n) is 5.83. The smallest absolute Gasteiger partial charge is 0.220 e. The molecule has 1 aliphatic rings. The Morgan fingerprint density at radius 2 is 1.18 bits per heavy atom. The number of carbonyl (C=O) groups excluding carboxylic acids is 1. The number of amides is 1. The third kappa shape index (κ3) is 22.9. The molecule has 0 aromatic heterocycles. The lowest BCUT2D eigenvalue weighted by molar-refractivity contribution is -0.302. The van der Waals surface area contributed by atoms with Crippen molar-refractivity contribution in [2.45, 2.75) is 192 Å². The van der Waals surface area contributed by atoms with E-state index in [9.17, 15) is 30.3 Å². The van der Waals surface area contributed by atoms with Crippen molar-refractivity contribution < 1.29 is 39.8 Å². The van der Waals surface area contributed by atoms with Gasteiger partial charge in [0.15, 0.2) is 6.29 Å². The lowest BCUT2D eigenvalue weighted by Gasteiger charge is -2.40. The van der Waals surface area contributed by atoms with Crippen LogP contribution in [-0.4, -0.2) is 87.5 Å². The zero-order chi connectivity index (χ0) is 36.7. The van der Waals surface area contributed by atoms with Gasteiger partial charge in [-0.2, -0.15) is 0 Å². The minimum absolute atomic E-state index is 0.207. The minimum atomic E-state index is -1.57. The first-order chi connectivity index (χ1) is 24.3. The van der Waals surface area contributed by atoms with Crippen LogP contribution < -0.4 is 5.32 Å². The maximum Gasteiger partial charge on any atom is 0.220 e. The Kier molecular flexibility index (Phi) is 29.4. The molecular weight excluding hydrogens is 634 g/mol. The first-order valence-corrected chi connectivity index (χ1v) is 19.9. The largest absolute Gasteiger partial charge is 0.394 e. The lowest BCUT2D eigenvalue weighted by Crippen LogP contribution is -2.60. The second-order valence-corrected chi connectivity index (χ2v) is 13.7. The number of unbranched alkanes of at least 4 members (excludes halogenated alkanes) is 15. The highest BCUT2D eigenvalue weighted by Gasteiger charge is 2.44. The van der Waals surface area contributed by atoms with Gasteiger partial charge in [-0.25, -0.2) is 0 Å². The average Bonchev–Trinajstić information content (AvgIpc) is 3.11. The van der Waals surface area contributed by atoms with Crippen molar-refractivity contribution in [2.24, 2.45) is 0 Å². The monoisotopic (exact) mass is 708 g/mol. The number of ether oxygens (including phenoxy) is 2. The van der Waals surface area contributed by atoms with Crippen molar-refractivity contribution in [3.8, 4) is 0 Å². The van der Waals surface area contributed by atoms with Gasteiger partial charge in [-0.3, -0.25) is 4.79 Å². The van der Waals surface area contributed by atoms with E-state index in [1.807, 2.05) is 6.08 Å². The van der Waals surface area contributed by atoms with Crippen molar-refractivity contribution in [1.82, 2.24) is 5.32 Å². The number of aliphatic hydroxyl groups excluding tert-OH is 5. The van der Waals surface area contributed by atoms with Gasteiger partial charge in [0.25, 0.3) is 0 Å². The van der Waals surface area contributed by atoms with Crippen molar-refractivity contribution in [3.05, 3.63) is 48.6 Å². The van der Waals surface area contributed by atoms with E-state index in [4.69, 9.17) is 9.47 Å². The molecule has 1 aliphatic heterocycles. The zero-order valence-electron chi connectivity index (χ0n) is 31.4. The van der Waals surface area contributed by atoms with Crippen molar-refractivity contribution in [3.63, 3.8) is 0 Å². The molecule has 1 amide bonds. The van der Waals surface area contributed by atoms with E-state index in [0.29, 0.717) is 6.42 Å². The van der Waals surface area contributed by atoms with E-state index in [0.717, 1.165) is 77.0 Å². The van der Waals surface area contributed by atoms with Crippen LogP contribution in [-0.2, 0) is 14.3 Å². The summed E-state index contributed by atoms with van der Waals surface area (Å²) in [6, 6.07) is -0.829. The molecule has 9 nitrogen and oxygen atoms in total. The fourth-order valence-corrected chi connectivity index (χ4v) is 5.83. The first kappa shape index (κ1) is 46.2. The Balaban J connectivity index is 2.48. The summed E-state index contributed by atoms with van der Waals surface area (Å²) in [4.78, 5) is 12.8. The Morgan fingerprint density at radius 3 is 1.76 bits per heavy atom. The number of carbonyl (C=O) groups is 1. The summed E-state index contributed by atoms with van der Waals surface area (Å²) in [6.07, 6.45) is 31.6. The van der Waals surface area contributed by atoms with Gasteiger partial charge in [0.2, 0.25) is 5.91 Å². The normalized spacial score (nSPS) is 22.7. The molecule has 6 N–H and O–H groups in total. The highest BCUT2D eigenvalue weighted by Crippen LogP contribution is 2.22. The van der Waals surface area contributed by atoms with Gasteiger partial charge in [-0.15, -0.1) is 0 Å². The molecule has 50 heavy (non-hydrogen) atoms. The van der Waals surface area contributed by atoms with Crippen LogP contribution in [0.3, 0.4) is 0 Å². The Morgan fingerprint density at radius 1 is 0.660 bits per heavy atom. The highest BCUT2D eigenvalue weighted by atomic mass is 16.7. The van der Waals surface area contributed by atoms with Crippen molar-refractivity contribution in [2.75, 3.05) is 13.2 Å². The van der Waals surface area contributed by atoms with Crippen molar-refractivity contribution >= 4 is 5.91 Å². The van der Waals surface area contributed by atoms with Gasteiger partial charge in [0.1, 0.15) is 24.4 Å². The molecule has 1 rings (SSSR count). The van der Waals surface area contributed by atoms with E-state index < -0.39 is 49.5 Å². The number of aliphatic hydroxyl groups is 5. The summed E-state index contributed by atoms with van der Waals surface area (Å²) in [5.41, 5.74) is 0. The van der Waals surface area contributed by atoms with E-state index in [1.165, 1.54) is 51.4 Å². The van der Waals surface area contributed by atoms with Gasteiger partial charge >= 0.3 is 0 Å². The van der Waals surface area contributed by atoms with E-state index >= 15 is 0 Å². The molecule has 0 radical (unpaired) electrons. The summed E-state index contributed by atoms with van der Waals surface area (Å²) in [7, 11) is 0. The molecule has 9 heteroatoms. The van der Waals surface area contributed by atoms with Gasteiger partial charge in [-0.1, -0.05) is 127 Å². The third-order valence-corrected chi connectivity index (χ3v) is 9.08. The van der Waals surface area contributed by atoms with Gasteiger partial charge in [0.05, 0.1) is 25.4 Å². The highest BCUT2D eigenvalue weighted by molar-refractivity contribution is 5.76. The fraction of sp³-hybridized carbons (Fsp3) is 0.780. The SMILES string of the molecule is CCC/C=C\CCCCCCCC(=O)NC(COC1OC(CO)C(O)C(O)C1O)C(O)/C=C/CC/C=C/CC/C=C/CCCCCCCCC. The molecule has 1 heterocycles. The predicted molar refractivity (Wildman–Crippen MR) is 203 cm³/mol. The second kappa shape index (κ2) is 31.9. The molecule has 0 saturated carbocycles. The van der Waals surface area contributed by atoms with E-state index in [-0.39, 0.29) is 12.5 Å². The predicted octanol–water partition coefficient (Wildman–Crippen LogP) is 7.11. The van der Waals surface area contributed by atoms with Crippen LogP contribution in [0.25, 0.3) is 0 Å². The first-order valence-electron chi connectivity index (χ1n) is 19.9. The number of hydrogen-bond donors (Lipinski definition) is 6. The quantitative estimate of drug-likeness (QED) is 0.0330. The molecule has 7 atom stereocenters. The van der Waals surface area contributed by atoms with E-state index in [1.54, 1.807) is 6.08 Å². The number of rotatable bonds is 31. The molecule has 0 aromatic carbocycles. The van der Waals surface area contributed by atoms with Crippen LogP contribution in [0.4, 0.5) is 0 Å². The van der Waals surface area contributed by atoms with Crippen LogP contribution in [0.5, 0.6) is 0 Å². The molecule has 0 spiro atoms. The van der Waals surface area contributed by atoms with E-state index in [2.05, 4.69) is 55.6 Å². The van der Waals surface area contributed by atoms with Gasteiger partial charge in [-0.05, 0) is 64.2 Å². The Hall–Kier alpha value is -1.85. The number of allylic oxidation sites excluding steroid dienone is 7. The average molecular weight is 708 g/mol. The summed E-state index contributed by atoms with van der Waals surface area (Å²) in [6.45, 7) is 3.64.